The Kier molecular flexibility index (Phi) is 3.00. The molecular weight excluding hydrogens is 218 g/mol. The van der Waals surface area contributed by atoms with Gasteiger partial charge in [0.2, 0.25) is 0 Å². The van der Waals surface area contributed by atoms with Crippen molar-refractivity contribution in [2.75, 3.05) is 0 Å². The fourth-order valence-electron chi connectivity index (χ4n) is 1.57. The van der Waals surface area contributed by atoms with E-state index in [4.69, 9.17) is 5.73 Å². The average Bonchev–Trinajstić information content (AvgIpc) is 2.83. The Hall–Kier alpha value is -2.43. The van der Waals surface area contributed by atoms with Gasteiger partial charge in [-0.15, -0.1) is 0 Å². The van der Waals surface area contributed by atoms with Crippen LogP contribution < -0.4 is 5.73 Å². The summed E-state index contributed by atoms with van der Waals surface area (Å²) in [5, 5.41) is 0. The lowest BCUT2D eigenvalue weighted by Crippen LogP contribution is -2.24. The summed E-state index contributed by atoms with van der Waals surface area (Å²) in [6.45, 7) is 0. The Morgan fingerprint density at radius 1 is 1.24 bits per heavy atom. The molecule has 1 aromatic heterocycles. The zero-order chi connectivity index (χ0) is 12.3. The average molecular weight is 228 g/mol. The molecule has 0 spiro atoms. The van der Waals surface area contributed by atoms with Gasteiger partial charge in [0.1, 0.15) is 5.82 Å². The van der Waals surface area contributed by atoms with Crippen molar-refractivity contribution in [1.82, 2.24) is 15.7 Å². The van der Waals surface area contributed by atoms with Crippen LogP contribution in [0.4, 0.5) is 0 Å². The Morgan fingerprint density at radius 2 is 1.94 bits per heavy atom. The molecule has 1 radical (unpaired) electrons. The van der Waals surface area contributed by atoms with Crippen LogP contribution in [0.3, 0.4) is 0 Å². The molecular formula is C12H10N3O2. The van der Waals surface area contributed by atoms with Gasteiger partial charge in [0.25, 0.3) is 5.91 Å². The lowest BCUT2D eigenvalue weighted by molar-refractivity contribution is -0.119. The first-order valence-corrected chi connectivity index (χ1v) is 5.04. The molecule has 85 valence electrons. The number of carbonyl (C=O) groups is 2. The van der Waals surface area contributed by atoms with Gasteiger partial charge in [0.15, 0.2) is 11.7 Å². The molecule has 2 N–H and O–H groups in total. The van der Waals surface area contributed by atoms with E-state index >= 15 is 0 Å². The molecule has 5 heteroatoms. The summed E-state index contributed by atoms with van der Waals surface area (Å²) in [6, 6.07) is 8.42. The maximum Gasteiger partial charge on any atom is 0.257 e. The number of hydrogen-bond acceptors (Lipinski definition) is 3. The SMILES string of the molecule is [NH]C(=O)C(C(=O)c1ccccc1)c1ncc[nH]1. The smallest absolute Gasteiger partial charge is 0.257 e. The zero-order valence-electron chi connectivity index (χ0n) is 8.88. The largest absolute Gasteiger partial charge is 0.348 e. The van der Waals surface area contributed by atoms with Crippen molar-refractivity contribution in [1.29, 1.82) is 0 Å². The predicted molar refractivity (Wildman–Crippen MR) is 60.2 cm³/mol. The molecule has 5 nitrogen and oxygen atoms in total. The number of nitrogens with zero attached hydrogens (tertiary/aromatic N) is 1. The summed E-state index contributed by atoms with van der Waals surface area (Å²) in [5.74, 6) is -2.35. The zero-order valence-corrected chi connectivity index (χ0v) is 8.88. The summed E-state index contributed by atoms with van der Waals surface area (Å²) >= 11 is 0. The number of imidazole rings is 1. The van der Waals surface area contributed by atoms with Crippen LogP contribution in [-0.2, 0) is 4.79 Å². The van der Waals surface area contributed by atoms with E-state index in [1.165, 1.54) is 12.4 Å². The number of ketones is 1. The van der Waals surface area contributed by atoms with Gasteiger partial charge in [0.05, 0.1) is 0 Å². The molecule has 1 amide bonds. The van der Waals surface area contributed by atoms with Crippen LogP contribution in [0.2, 0.25) is 0 Å². The maximum absolute atomic E-state index is 12.1. The second-order valence-corrected chi connectivity index (χ2v) is 3.50. The summed E-state index contributed by atoms with van der Waals surface area (Å²) in [6.07, 6.45) is 2.97. The standard InChI is InChI=1S/C12H10N3O2/c13-11(17)9(12-14-6-7-15-12)10(16)8-4-2-1-3-5-8/h1-7,9,13H,(H,14,15). The van der Waals surface area contributed by atoms with Crippen molar-refractivity contribution in [3.8, 4) is 0 Å². The molecule has 0 aliphatic heterocycles. The molecule has 1 aromatic carbocycles. The minimum absolute atomic E-state index is 0.207. The number of rotatable bonds is 4. The van der Waals surface area contributed by atoms with Crippen molar-refractivity contribution in [3.05, 3.63) is 54.1 Å². The van der Waals surface area contributed by atoms with Crippen LogP contribution in [0.25, 0.3) is 0 Å². The number of Topliss-reactive ketones (excluding diaryl/α,β-unsaturated/α-hetero) is 1. The minimum atomic E-state index is -1.17. The molecule has 1 heterocycles. The lowest BCUT2D eigenvalue weighted by Gasteiger charge is -2.08. The quantitative estimate of drug-likeness (QED) is 0.629. The Morgan fingerprint density at radius 3 is 2.47 bits per heavy atom. The molecule has 2 rings (SSSR count). The molecule has 1 unspecified atom stereocenters. The van der Waals surface area contributed by atoms with Gasteiger partial charge in [-0.2, -0.15) is 0 Å². The summed E-state index contributed by atoms with van der Waals surface area (Å²) in [7, 11) is 0. The molecule has 2 aromatic rings. The van der Waals surface area contributed by atoms with Crippen LogP contribution in [0.1, 0.15) is 22.1 Å². The number of benzene rings is 1. The summed E-state index contributed by atoms with van der Waals surface area (Å²) in [4.78, 5) is 29.9. The topological polar surface area (TPSA) is 86.6 Å². The molecule has 0 fully saturated rings. The van der Waals surface area contributed by atoms with E-state index in [0.717, 1.165) is 0 Å². The van der Waals surface area contributed by atoms with Crippen molar-refractivity contribution in [2.24, 2.45) is 0 Å². The second kappa shape index (κ2) is 4.61. The van der Waals surface area contributed by atoms with Gasteiger partial charge < -0.3 is 4.98 Å². The van der Waals surface area contributed by atoms with E-state index < -0.39 is 17.6 Å². The second-order valence-electron chi connectivity index (χ2n) is 3.50. The van der Waals surface area contributed by atoms with E-state index in [2.05, 4.69) is 9.97 Å². The summed E-state index contributed by atoms with van der Waals surface area (Å²) in [5.41, 5.74) is 7.57. The number of H-pyrrole nitrogens is 1. The Labute approximate surface area is 97.7 Å². The highest BCUT2D eigenvalue weighted by atomic mass is 16.2. The van der Waals surface area contributed by atoms with E-state index in [0.29, 0.717) is 5.56 Å². The highest BCUT2D eigenvalue weighted by molar-refractivity contribution is 6.13. The monoisotopic (exact) mass is 228 g/mol. The third-order valence-corrected chi connectivity index (χ3v) is 2.38. The normalized spacial score (nSPS) is 12.0. The minimum Gasteiger partial charge on any atom is -0.348 e. The Balaban J connectivity index is 2.36. The highest BCUT2D eigenvalue weighted by Gasteiger charge is 2.29. The van der Waals surface area contributed by atoms with Gasteiger partial charge in [0, 0.05) is 18.0 Å². The fraction of sp³-hybridized carbons (Fsp3) is 0.0833. The van der Waals surface area contributed by atoms with Gasteiger partial charge in [-0.05, 0) is 0 Å². The molecule has 0 bridgehead atoms. The highest BCUT2D eigenvalue weighted by Crippen LogP contribution is 2.17. The van der Waals surface area contributed by atoms with Crippen LogP contribution in [0.5, 0.6) is 0 Å². The molecule has 0 aliphatic carbocycles. The number of hydrogen-bond donors (Lipinski definition) is 1. The summed E-state index contributed by atoms with van der Waals surface area (Å²) < 4.78 is 0. The van der Waals surface area contributed by atoms with Gasteiger partial charge in [-0.1, -0.05) is 30.3 Å². The van der Waals surface area contributed by atoms with Crippen LogP contribution in [0, 0.1) is 0 Å². The van der Waals surface area contributed by atoms with E-state index in [9.17, 15) is 9.59 Å². The van der Waals surface area contributed by atoms with Gasteiger partial charge in [-0.3, -0.25) is 15.3 Å². The third-order valence-electron chi connectivity index (χ3n) is 2.38. The van der Waals surface area contributed by atoms with E-state index in [1.54, 1.807) is 30.3 Å². The van der Waals surface area contributed by atoms with Gasteiger partial charge >= 0.3 is 0 Å². The van der Waals surface area contributed by atoms with E-state index in [1.807, 2.05) is 0 Å². The molecule has 1 atom stereocenters. The molecule has 0 saturated carbocycles. The first-order chi connectivity index (χ1) is 8.20. The number of carbonyl (C=O) groups excluding carboxylic acids is 2. The van der Waals surface area contributed by atoms with Crippen molar-refractivity contribution in [3.63, 3.8) is 0 Å². The van der Waals surface area contributed by atoms with Crippen LogP contribution in [-0.4, -0.2) is 21.7 Å². The maximum atomic E-state index is 12.1. The lowest BCUT2D eigenvalue weighted by atomic mass is 9.96. The molecule has 0 saturated heterocycles. The fourth-order valence-corrected chi connectivity index (χ4v) is 1.57. The molecule has 0 aliphatic rings. The van der Waals surface area contributed by atoms with Crippen molar-refractivity contribution in [2.45, 2.75) is 5.92 Å². The van der Waals surface area contributed by atoms with E-state index in [-0.39, 0.29) is 5.82 Å². The third kappa shape index (κ3) is 2.23. The number of amides is 1. The van der Waals surface area contributed by atoms with Crippen LogP contribution >= 0.6 is 0 Å². The Bertz CT molecular complexity index is 520. The molecule has 17 heavy (non-hydrogen) atoms. The van der Waals surface area contributed by atoms with Gasteiger partial charge in [-0.25, -0.2) is 4.98 Å². The van der Waals surface area contributed by atoms with Crippen LogP contribution in [0.15, 0.2) is 42.7 Å². The first kappa shape index (κ1) is 11.1. The number of nitrogens with one attached hydrogen (secondary N) is 2. The number of aromatic amines is 1. The first-order valence-electron chi connectivity index (χ1n) is 5.04. The van der Waals surface area contributed by atoms with Crippen molar-refractivity contribution >= 4 is 11.7 Å². The number of aromatic nitrogens is 2. The van der Waals surface area contributed by atoms with Crippen molar-refractivity contribution < 1.29 is 9.59 Å². The predicted octanol–water partition coefficient (Wildman–Crippen LogP) is 1.19.